The lowest BCUT2D eigenvalue weighted by Crippen LogP contribution is -2.22. The topological polar surface area (TPSA) is 17.0 Å². The number of nitrogens with one attached hydrogen (secondary N) is 1. The zero-order valence-electron chi connectivity index (χ0n) is 11.9. The molecule has 0 amide bonds. The molecule has 2 nitrogen and oxygen atoms in total. The molecule has 0 spiro atoms. The molecule has 0 saturated carbocycles. The Morgan fingerprint density at radius 3 is 2.85 bits per heavy atom. The maximum absolute atomic E-state index is 13.9. The van der Waals surface area contributed by atoms with E-state index in [1.165, 1.54) is 11.8 Å². The molecule has 4 heteroatoms. The van der Waals surface area contributed by atoms with E-state index >= 15 is 0 Å². The second-order valence-corrected chi connectivity index (χ2v) is 5.89. The summed E-state index contributed by atoms with van der Waals surface area (Å²) >= 11 is 3.28. The Kier molecular flexibility index (Phi) is 5.38. The van der Waals surface area contributed by atoms with Gasteiger partial charge in [0.15, 0.2) is 0 Å². The van der Waals surface area contributed by atoms with Crippen LogP contribution in [0.3, 0.4) is 0 Å². The molecule has 1 N–H and O–H groups in total. The molecular formula is C16H20BrFN2. The first-order valence-electron chi connectivity index (χ1n) is 6.94. The van der Waals surface area contributed by atoms with Crippen molar-refractivity contribution in [2.24, 2.45) is 0 Å². The summed E-state index contributed by atoms with van der Waals surface area (Å²) in [5, 5.41) is 3.46. The third-order valence-corrected chi connectivity index (χ3v) is 3.86. The molecule has 0 fully saturated rings. The van der Waals surface area contributed by atoms with Crippen LogP contribution in [-0.2, 0) is 6.54 Å². The molecule has 1 unspecified atom stereocenters. The summed E-state index contributed by atoms with van der Waals surface area (Å²) in [5.41, 5.74) is 1.88. The van der Waals surface area contributed by atoms with Gasteiger partial charge in [-0.05, 0) is 44.2 Å². The molecule has 1 aromatic carbocycles. The van der Waals surface area contributed by atoms with E-state index in [0.717, 1.165) is 17.4 Å². The standard InChI is InChI=1S/C16H20BrFN2/c1-3-8-19-12(2)16-5-4-9-20(16)11-13-6-7-14(17)10-15(13)18/h4-7,9-10,12,19H,3,8,11H2,1-2H3. The fourth-order valence-electron chi connectivity index (χ4n) is 2.26. The van der Waals surface area contributed by atoms with E-state index in [9.17, 15) is 4.39 Å². The third kappa shape index (κ3) is 3.70. The minimum atomic E-state index is -0.173. The van der Waals surface area contributed by atoms with Gasteiger partial charge in [-0.3, -0.25) is 0 Å². The lowest BCUT2D eigenvalue weighted by atomic mass is 10.2. The van der Waals surface area contributed by atoms with Crippen molar-refractivity contribution in [3.8, 4) is 0 Å². The van der Waals surface area contributed by atoms with E-state index in [1.807, 2.05) is 24.4 Å². The highest BCUT2D eigenvalue weighted by Gasteiger charge is 2.11. The third-order valence-electron chi connectivity index (χ3n) is 3.36. The summed E-state index contributed by atoms with van der Waals surface area (Å²) in [6.07, 6.45) is 3.10. The summed E-state index contributed by atoms with van der Waals surface area (Å²) in [4.78, 5) is 0. The van der Waals surface area contributed by atoms with E-state index in [4.69, 9.17) is 0 Å². The second kappa shape index (κ2) is 7.04. The van der Waals surface area contributed by atoms with Gasteiger partial charge in [0.1, 0.15) is 5.82 Å². The number of rotatable bonds is 6. The normalized spacial score (nSPS) is 12.6. The van der Waals surface area contributed by atoms with Gasteiger partial charge in [-0.2, -0.15) is 0 Å². The van der Waals surface area contributed by atoms with Crippen LogP contribution in [0.4, 0.5) is 4.39 Å². The molecule has 1 atom stereocenters. The largest absolute Gasteiger partial charge is 0.345 e. The van der Waals surface area contributed by atoms with E-state index in [0.29, 0.717) is 12.1 Å². The predicted molar refractivity (Wildman–Crippen MR) is 84.3 cm³/mol. The summed E-state index contributed by atoms with van der Waals surface area (Å²) in [7, 11) is 0. The number of hydrogen-bond donors (Lipinski definition) is 1. The fourth-order valence-corrected chi connectivity index (χ4v) is 2.60. The molecular weight excluding hydrogens is 319 g/mol. The van der Waals surface area contributed by atoms with Crippen molar-refractivity contribution in [3.05, 3.63) is 58.1 Å². The summed E-state index contributed by atoms with van der Waals surface area (Å²) < 4.78 is 16.8. The first-order chi connectivity index (χ1) is 9.61. The van der Waals surface area contributed by atoms with Gasteiger partial charge < -0.3 is 9.88 Å². The minimum Gasteiger partial charge on any atom is -0.345 e. The van der Waals surface area contributed by atoms with E-state index in [2.05, 4.69) is 45.7 Å². The van der Waals surface area contributed by atoms with Crippen LogP contribution >= 0.6 is 15.9 Å². The Labute approximate surface area is 128 Å². The van der Waals surface area contributed by atoms with Gasteiger partial charge in [-0.15, -0.1) is 0 Å². The van der Waals surface area contributed by atoms with Crippen molar-refractivity contribution < 1.29 is 4.39 Å². The smallest absolute Gasteiger partial charge is 0.129 e. The molecule has 1 aromatic heterocycles. The molecule has 0 aliphatic heterocycles. The Morgan fingerprint density at radius 2 is 2.15 bits per heavy atom. The van der Waals surface area contributed by atoms with Crippen molar-refractivity contribution in [1.82, 2.24) is 9.88 Å². The first-order valence-corrected chi connectivity index (χ1v) is 7.73. The maximum Gasteiger partial charge on any atom is 0.129 e. The molecule has 2 rings (SSSR count). The molecule has 0 aliphatic rings. The quantitative estimate of drug-likeness (QED) is 0.820. The molecule has 20 heavy (non-hydrogen) atoms. The van der Waals surface area contributed by atoms with Gasteiger partial charge in [-0.25, -0.2) is 4.39 Å². The van der Waals surface area contributed by atoms with Crippen molar-refractivity contribution in [2.45, 2.75) is 32.9 Å². The van der Waals surface area contributed by atoms with Crippen molar-refractivity contribution in [2.75, 3.05) is 6.54 Å². The minimum absolute atomic E-state index is 0.173. The van der Waals surface area contributed by atoms with Crippen LogP contribution in [0.5, 0.6) is 0 Å². The van der Waals surface area contributed by atoms with Crippen LogP contribution in [0.15, 0.2) is 41.0 Å². The number of hydrogen-bond acceptors (Lipinski definition) is 1. The first kappa shape index (κ1) is 15.3. The van der Waals surface area contributed by atoms with Crippen LogP contribution in [0.25, 0.3) is 0 Å². The number of halogens is 2. The molecule has 1 heterocycles. The monoisotopic (exact) mass is 338 g/mol. The van der Waals surface area contributed by atoms with Crippen molar-refractivity contribution in [1.29, 1.82) is 0 Å². The number of aromatic nitrogens is 1. The number of nitrogens with zero attached hydrogens (tertiary/aromatic N) is 1. The second-order valence-electron chi connectivity index (χ2n) is 4.97. The Morgan fingerprint density at radius 1 is 1.35 bits per heavy atom. The number of benzene rings is 1. The van der Waals surface area contributed by atoms with Gasteiger partial charge in [0.2, 0.25) is 0 Å². The van der Waals surface area contributed by atoms with Gasteiger partial charge in [-0.1, -0.05) is 28.9 Å². The molecule has 2 aromatic rings. The zero-order valence-corrected chi connectivity index (χ0v) is 13.5. The molecule has 108 valence electrons. The summed E-state index contributed by atoms with van der Waals surface area (Å²) in [6.45, 7) is 5.83. The predicted octanol–water partition coefficient (Wildman–Crippen LogP) is 4.50. The average Bonchev–Trinajstić information content (AvgIpc) is 2.87. The maximum atomic E-state index is 13.9. The molecule has 0 bridgehead atoms. The van der Waals surface area contributed by atoms with Gasteiger partial charge >= 0.3 is 0 Å². The Balaban J connectivity index is 2.16. The van der Waals surface area contributed by atoms with Gasteiger partial charge in [0, 0.05) is 28.0 Å². The van der Waals surface area contributed by atoms with Gasteiger partial charge in [0.25, 0.3) is 0 Å². The highest BCUT2D eigenvalue weighted by molar-refractivity contribution is 9.10. The highest BCUT2D eigenvalue weighted by Crippen LogP contribution is 2.19. The lowest BCUT2D eigenvalue weighted by Gasteiger charge is -2.17. The molecule has 0 aliphatic carbocycles. The Hall–Kier alpha value is -1.13. The molecule has 0 radical (unpaired) electrons. The fraction of sp³-hybridized carbons (Fsp3) is 0.375. The Bertz CT molecular complexity index is 565. The molecule has 0 saturated heterocycles. The van der Waals surface area contributed by atoms with E-state index in [-0.39, 0.29) is 11.9 Å². The SMILES string of the molecule is CCCNC(C)c1cccn1Cc1ccc(Br)cc1F. The zero-order chi connectivity index (χ0) is 14.5. The van der Waals surface area contributed by atoms with Crippen LogP contribution in [0.2, 0.25) is 0 Å². The van der Waals surface area contributed by atoms with Crippen molar-refractivity contribution >= 4 is 15.9 Å². The van der Waals surface area contributed by atoms with E-state index < -0.39 is 0 Å². The van der Waals surface area contributed by atoms with Gasteiger partial charge in [0.05, 0.1) is 6.54 Å². The van der Waals surface area contributed by atoms with Crippen LogP contribution in [0, 0.1) is 5.82 Å². The van der Waals surface area contributed by atoms with Crippen molar-refractivity contribution in [3.63, 3.8) is 0 Å². The average molecular weight is 339 g/mol. The highest BCUT2D eigenvalue weighted by atomic mass is 79.9. The van der Waals surface area contributed by atoms with Crippen LogP contribution < -0.4 is 5.32 Å². The summed E-state index contributed by atoms with van der Waals surface area (Å²) in [6, 6.07) is 9.58. The summed E-state index contributed by atoms with van der Waals surface area (Å²) in [5.74, 6) is -0.173. The van der Waals surface area contributed by atoms with E-state index in [1.54, 1.807) is 0 Å². The van der Waals surface area contributed by atoms with Crippen LogP contribution in [-0.4, -0.2) is 11.1 Å². The lowest BCUT2D eigenvalue weighted by molar-refractivity contribution is 0.528. The van der Waals surface area contributed by atoms with Crippen LogP contribution in [0.1, 0.15) is 37.6 Å².